The standard InChI is InChI=1S/C36H41FN8O4/c1-7-44(34(47)49-35(2,3)4)36(5,6)19-23(20-38)33(46)43-17-11-12-24(43)21-45-32-29(31(39)40-22-41-32)30(42-45)27-16-15-26(18-28(27)37)48-25-13-9-8-10-14-25/h8-10,13-16,18-19,22,24H,7,11-12,17,21H2,1-6H3,(H2,39,40,41)/b23-19+/t24-/m0/s1. The van der Waals surface area contributed by atoms with Crippen molar-refractivity contribution >= 4 is 28.9 Å². The van der Waals surface area contributed by atoms with E-state index in [0.29, 0.717) is 48.5 Å². The molecule has 2 amide bonds. The number of anilines is 1. The molecule has 0 radical (unpaired) electrons. The highest BCUT2D eigenvalue weighted by Gasteiger charge is 2.36. The third-order valence-corrected chi connectivity index (χ3v) is 8.23. The summed E-state index contributed by atoms with van der Waals surface area (Å²) in [6.45, 7) is 11.6. The van der Waals surface area contributed by atoms with Crippen LogP contribution in [-0.4, -0.2) is 71.8 Å². The molecule has 13 heteroatoms. The van der Waals surface area contributed by atoms with Crippen LogP contribution in [0.25, 0.3) is 22.3 Å². The largest absolute Gasteiger partial charge is 0.457 e. The predicted molar refractivity (Wildman–Crippen MR) is 183 cm³/mol. The lowest BCUT2D eigenvalue weighted by molar-refractivity contribution is -0.127. The molecule has 4 aromatic rings. The van der Waals surface area contributed by atoms with Crippen LogP contribution in [-0.2, 0) is 16.1 Å². The SMILES string of the molecule is CCN(C(=O)OC(C)(C)C)C(C)(C)/C=C(\C#N)C(=O)N1CCC[C@H]1Cn1nc(-c2ccc(Oc3ccccc3)cc2F)c2c(N)ncnc21. The van der Waals surface area contributed by atoms with Gasteiger partial charge in [0.25, 0.3) is 5.91 Å². The van der Waals surface area contributed by atoms with Crippen molar-refractivity contribution in [3.63, 3.8) is 0 Å². The highest BCUT2D eigenvalue weighted by atomic mass is 19.1. The smallest absolute Gasteiger partial charge is 0.410 e. The molecule has 2 N–H and O–H groups in total. The van der Waals surface area contributed by atoms with Gasteiger partial charge in [0.2, 0.25) is 0 Å². The molecule has 2 aromatic carbocycles. The maximum Gasteiger partial charge on any atom is 0.410 e. The van der Waals surface area contributed by atoms with Crippen LogP contribution in [0, 0.1) is 17.1 Å². The fourth-order valence-corrected chi connectivity index (χ4v) is 6.03. The molecule has 1 aliphatic rings. The van der Waals surface area contributed by atoms with Crippen LogP contribution in [0.15, 0.2) is 66.5 Å². The Morgan fingerprint density at radius 3 is 2.51 bits per heavy atom. The zero-order valence-electron chi connectivity index (χ0n) is 28.6. The van der Waals surface area contributed by atoms with Gasteiger partial charge in [-0.25, -0.2) is 23.8 Å². The summed E-state index contributed by atoms with van der Waals surface area (Å²) in [5.74, 6) is 0.000565. The molecule has 0 aliphatic carbocycles. The molecule has 0 saturated carbocycles. The monoisotopic (exact) mass is 668 g/mol. The first-order valence-electron chi connectivity index (χ1n) is 16.2. The minimum absolute atomic E-state index is 0.0867. The van der Waals surface area contributed by atoms with Crippen molar-refractivity contribution in [1.82, 2.24) is 29.5 Å². The Bertz CT molecular complexity index is 1930. The number of ether oxygens (including phenoxy) is 2. The van der Waals surface area contributed by atoms with E-state index in [2.05, 4.69) is 16.0 Å². The zero-order valence-corrected chi connectivity index (χ0v) is 28.6. The minimum atomic E-state index is -1.000. The van der Waals surface area contributed by atoms with Gasteiger partial charge >= 0.3 is 6.09 Å². The van der Waals surface area contributed by atoms with Gasteiger partial charge in [-0.3, -0.25) is 9.69 Å². The Labute approximate surface area is 284 Å². The third-order valence-electron chi connectivity index (χ3n) is 8.23. The van der Waals surface area contributed by atoms with Crippen molar-refractivity contribution in [2.75, 3.05) is 18.8 Å². The summed E-state index contributed by atoms with van der Waals surface area (Å²) in [5.41, 5.74) is 5.32. The van der Waals surface area contributed by atoms with E-state index in [9.17, 15) is 14.9 Å². The first-order valence-corrected chi connectivity index (χ1v) is 16.2. The molecule has 0 unspecified atom stereocenters. The normalized spacial score (nSPS) is 15.3. The van der Waals surface area contributed by atoms with Crippen LogP contribution >= 0.6 is 0 Å². The second-order valence-electron chi connectivity index (χ2n) is 13.4. The number of nitrogens with two attached hydrogens (primary N) is 1. The summed E-state index contributed by atoms with van der Waals surface area (Å²) in [7, 11) is 0. The maximum absolute atomic E-state index is 15.6. The number of likely N-dealkylation sites (tertiary alicyclic amines) is 1. The van der Waals surface area contributed by atoms with Crippen LogP contribution in [0.4, 0.5) is 15.0 Å². The highest BCUT2D eigenvalue weighted by Crippen LogP contribution is 2.35. The Kier molecular flexibility index (Phi) is 9.89. The third kappa shape index (κ3) is 7.64. The summed E-state index contributed by atoms with van der Waals surface area (Å²) in [4.78, 5) is 38.5. The van der Waals surface area contributed by atoms with Crippen LogP contribution in [0.5, 0.6) is 11.5 Å². The van der Waals surface area contributed by atoms with E-state index < -0.39 is 29.0 Å². The number of halogens is 1. The minimum Gasteiger partial charge on any atom is -0.457 e. The first-order chi connectivity index (χ1) is 23.2. The molecular formula is C36H41FN8O4. The van der Waals surface area contributed by atoms with E-state index >= 15 is 4.39 Å². The fourth-order valence-electron chi connectivity index (χ4n) is 6.03. The Morgan fingerprint density at radius 1 is 1.12 bits per heavy atom. The first kappa shape index (κ1) is 34.8. The number of hydrogen-bond donors (Lipinski definition) is 1. The number of hydrogen-bond acceptors (Lipinski definition) is 9. The van der Waals surface area contributed by atoms with Gasteiger partial charge in [0.15, 0.2) is 5.65 Å². The van der Waals surface area contributed by atoms with Crippen LogP contribution in [0.3, 0.4) is 0 Å². The number of nitriles is 1. The van der Waals surface area contributed by atoms with Gasteiger partial charge in [0.05, 0.1) is 23.5 Å². The van der Waals surface area contributed by atoms with Crippen molar-refractivity contribution in [3.05, 3.63) is 72.3 Å². The molecule has 1 saturated heterocycles. The lowest BCUT2D eigenvalue weighted by Gasteiger charge is -2.37. The Morgan fingerprint density at radius 2 is 1.86 bits per heavy atom. The Hall–Kier alpha value is -5.51. The molecule has 5 rings (SSSR count). The zero-order chi connectivity index (χ0) is 35.5. The molecule has 256 valence electrons. The maximum atomic E-state index is 15.6. The number of benzene rings is 2. The van der Waals surface area contributed by atoms with Gasteiger partial charge in [-0.2, -0.15) is 10.4 Å². The average molecular weight is 669 g/mol. The van der Waals surface area contributed by atoms with Gasteiger partial charge in [-0.1, -0.05) is 18.2 Å². The molecule has 0 spiro atoms. The second-order valence-corrected chi connectivity index (χ2v) is 13.4. The average Bonchev–Trinajstić information content (AvgIpc) is 3.65. The highest BCUT2D eigenvalue weighted by molar-refractivity contribution is 5.99. The van der Waals surface area contributed by atoms with E-state index in [1.54, 1.807) is 68.5 Å². The summed E-state index contributed by atoms with van der Waals surface area (Å²) in [6, 6.07) is 15.3. The fraction of sp³-hybridized carbons (Fsp3) is 0.389. The molecule has 12 nitrogen and oxygen atoms in total. The Balaban J connectivity index is 1.42. The number of nitrogen functional groups attached to an aromatic ring is 1. The quantitative estimate of drug-likeness (QED) is 0.156. The van der Waals surface area contributed by atoms with Gasteiger partial charge in [-0.15, -0.1) is 0 Å². The van der Waals surface area contributed by atoms with Gasteiger partial charge < -0.3 is 20.1 Å². The van der Waals surface area contributed by atoms with E-state index in [4.69, 9.17) is 20.3 Å². The van der Waals surface area contributed by atoms with E-state index in [0.717, 1.165) is 0 Å². The van der Waals surface area contributed by atoms with Crippen molar-refractivity contribution in [1.29, 1.82) is 5.26 Å². The number of amides is 2. The van der Waals surface area contributed by atoms with Crippen molar-refractivity contribution in [3.8, 4) is 28.8 Å². The number of nitrogens with zero attached hydrogens (tertiary/aromatic N) is 7. The number of likely N-dealkylation sites (N-methyl/N-ethyl adjacent to an activating group) is 1. The summed E-state index contributed by atoms with van der Waals surface area (Å²) in [6.07, 6.45) is 3.63. The molecule has 0 bridgehead atoms. The predicted octanol–water partition coefficient (Wildman–Crippen LogP) is 6.48. The molecular weight excluding hydrogens is 627 g/mol. The number of para-hydroxylation sites is 1. The topological polar surface area (TPSA) is 152 Å². The lowest BCUT2D eigenvalue weighted by Crippen LogP contribution is -2.49. The van der Waals surface area contributed by atoms with Crippen LogP contribution in [0.1, 0.15) is 54.4 Å². The van der Waals surface area contributed by atoms with Crippen LogP contribution < -0.4 is 10.5 Å². The van der Waals surface area contributed by atoms with Crippen LogP contribution in [0.2, 0.25) is 0 Å². The lowest BCUT2D eigenvalue weighted by atomic mass is 9.98. The van der Waals surface area contributed by atoms with E-state index in [1.807, 2.05) is 25.1 Å². The molecule has 1 aliphatic heterocycles. The summed E-state index contributed by atoms with van der Waals surface area (Å²) >= 11 is 0. The number of rotatable bonds is 9. The number of fused-ring (bicyclic) bond motifs is 1. The molecule has 49 heavy (non-hydrogen) atoms. The van der Waals surface area contributed by atoms with E-state index in [1.165, 1.54) is 23.4 Å². The van der Waals surface area contributed by atoms with Crippen molar-refractivity contribution in [2.24, 2.45) is 0 Å². The van der Waals surface area contributed by atoms with Crippen molar-refractivity contribution < 1.29 is 23.5 Å². The van der Waals surface area contributed by atoms with Gasteiger partial charge in [0.1, 0.15) is 52.4 Å². The summed E-state index contributed by atoms with van der Waals surface area (Å²) in [5, 5.41) is 15.2. The molecule has 3 heterocycles. The number of aromatic nitrogens is 4. The van der Waals surface area contributed by atoms with E-state index in [-0.39, 0.29) is 35.2 Å². The number of carbonyl (C=O) groups excluding carboxylic acids is 2. The van der Waals surface area contributed by atoms with Gasteiger partial charge in [0, 0.05) is 24.7 Å². The van der Waals surface area contributed by atoms with Gasteiger partial charge in [-0.05, 0) is 84.7 Å². The van der Waals surface area contributed by atoms with Crippen molar-refractivity contribution in [2.45, 2.75) is 78.1 Å². The molecule has 1 fully saturated rings. The molecule has 2 aromatic heterocycles. The summed E-state index contributed by atoms with van der Waals surface area (Å²) < 4.78 is 28.6. The number of carbonyl (C=O) groups is 2. The molecule has 1 atom stereocenters. The second kappa shape index (κ2) is 13.9.